The topological polar surface area (TPSA) is 78.7 Å². The molecule has 0 radical (unpaired) electrons. The molecule has 0 fully saturated rings. The molecule has 98 valence electrons. The lowest BCUT2D eigenvalue weighted by Crippen LogP contribution is -2.02. The summed E-state index contributed by atoms with van der Waals surface area (Å²) in [5, 5.41) is 12.0. The maximum atomic E-state index is 11.5. The van der Waals surface area contributed by atoms with Crippen molar-refractivity contribution >= 4 is 22.4 Å². The quantitative estimate of drug-likeness (QED) is 0.482. The van der Waals surface area contributed by atoms with Gasteiger partial charge in [0.05, 0.1) is 24.7 Å². The Bertz CT molecular complexity index is 665. The van der Waals surface area contributed by atoms with Gasteiger partial charge in [-0.3, -0.25) is 10.1 Å². The monoisotopic (exact) mass is 261 g/mol. The van der Waals surface area contributed by atoms with Gasteiger partial charge in [-0.1, -0.05) is 0 Å². The molecule has 0 N–H and O–H groups in total. The van der Waals surface area contributed by atoms with Crippen LogP contribution in [0.3, 0.4) is 0 Å². The van der Waals surface area contributed by atoms with Crippen molar-refractivity contribution in [1.29, 1.82) is 0 Å². The van der Waals surface area contributed by atoms with E-state index in [9.17, 15) is 14.9 Å². The van der Waals surface area contributed by atoms with Crippen molar-refractivity contribution in [3.05, 3.63) is 46.0 Å². The zero-order chi connectivity index (χ0) is 14.0. The van der Waals surface area contributed by atoms with Crippen molar-refractivity contribution in [2.45, 2.75) is 0 Å². The van der Waals surface area contributed by atoms with Crippen molar-refractivity contribution in [2.24, 2.45) is 0 Å². The number of ether oxygens (including phenoxy) is 2. The summed E-state index contributed by atoms with van der Waals surface area (Å²) in [7, 11) is 2.73. The Labute approximate surface area is 108 Å². The maximum absolute atomic E-state index is 11.5. The van der Waals surface area contributed by atoms with Gasteiger partial charge >= 0.3 is 5.97 Å². The van der Waals surface area contributed by atoms with Gasteiger partial charge in [0.15, 0.2) is 0 Å². The van der Waals surface area contributed by atoms with E-state index >= 15 is 0 Å². The van der Waals surface area contributed by atoms with Crippen molar-refractivity contribution in [2.75, 3.05) is 14.2 Å². The highest BCUT2D eigenvalue weighted by molar-refractivity contribution is 5.99. The molecule has 0 aliphatic heterocycles. The van der Waals surface area contributed by atoms with Gasteiger partial charge in [-0.2, -0.15) is 0 Å². The van der Waals surface area contributed by atoms with Crippen molar-refractivity contribution in [3.8, 4) is 5.75 Å². The number of rotatable bonds is 3. The van der Waals surface area contributed by atoms with E-state index in [-0.39, 0.29) is 5.69 Å². The summed E-state index contributed by atoms with van der Waals surface area (Å²) in [5.74, 6) is -0.0971. The number of nitro groups is 1. The summed E-state index contributed by atoms with van der Waals surface area (Å²) >= 11 is 0. The first-order chi connectivity index (χ1) is 9.06. The zero-order valence-corrected chi connectivity index (χ0v) is 10.4. The third-order valence-electron chi connectivity index (χ3n) is 2.75. The second-order valence-electron chi connectivity index (χ2n) is 3.83. The van der Waals surface area contributed by atoms with Crippen LogP contribution in [-0.2, 0) is 4.74 Å². The summed E-state index contributed by atoms with van der Waals surface area (Å²) in [6.07, 6.45) is 0. The molecule has 0 heterocycles. The van der Waals surface area contributed by atoms with E-state index in [0.29, 0.717) is 22.1 Å². The Morgan fingerprint density at radius 3 is 2.53 bits per heavy atom. The molecule has 0 unspecified atom stereocenters. The second kappa shape index (κ2) is 4.93. The standard InChI is InChI=1S/C13H11NO5/c1-18-12-6-9(13(15)19-2)5-8-3-4-10(14(16)17)7-11(8)12/h3-7H,1-2H3. The highest BCUT2D eigenvalue weighted by Crippen LogP contribution is 2.30. The molecular weight excluding hydrogens is 250 g/mol. The number of benzene rings is 2. The van der Waals surface area contributed by atoms with E-state index in [1.165, 1.54) is 32.4 Å². The Hall–Kier alpha value is -2.63. The van der Waals surface area contributed by atoms with E-state index < -0.39 is 10.9 Å². The first-order valence-electron chi connectivity index (χ1n) is 5.41. The van der Waals surface area contributed by atoms with Gasteiger partial charge < -0.3 is 9.47 Å². The van der Waals surface area contributed by atoms with Crippen LogP contribution in [0.1, 0.15) is 10.4 Å². The van der Waals surface area contributed by atoms with E-state index in [1.54, 1.807) is 12.1 Å². The van der Waals surface area contributed by atoms with Gasteiger partial charge in [-0.05, 0) is 23.6 Å². The number of nitrogens with zero attached hydrogens (tertiary/aromatic N) is 1. The van der Waals surface area contributed by atoms with E-state index in [2.05, 4.69) is 4.74 Å². The van der Waals surface area contributed by atoms with Gasteiger partial charge in [0.2, 0.25) is 0 Å². The molecule has 2 aromatic rings. The second-order valence-corrected chi connectivity index (χ2v) is 3.83. The number of carbonyl (C=O) groups excluding carboxylic acids is 1. The van der Waals surface area contributed by atoms with E-state index in [1.807, 2.05) is 0 Å². The molecule has 19 heavy (non-hydrogen) atoms. The maximum Gasteiger partial charge on any atom is 0.338 e. The summed E-state index contributed by atoms with van der Waals surface area (Å²) in [6.45, 7) is 0. The summed E-state index contributed by atoms with van der Waals surface area (Å²) in [5.41, 5.74) is 0.303. The van der Waals surface area contributed by atoms with Gasteiger partial charge in [0, 0.05) is 17.5 Å². The average molecular weight is 261 g/mol. The number of non-ortho nitro benzene ring substituents is 1. The van der Waals surface area contributed by atoms with E-state index in [0.717, 1.165) is 0 Å². The number of methoxy groups -OCH3 is 2. The minimum atomic E-state index is -0.487. The number of hydrogen-bond donors (Lipinski definition) is 0. The van der Waals surface area contributed by atoms with E-state index in [4.69, 9.17) is 4.74 Å². The predicted molar refractivity (Wildman–Crippen MR) is 68.5 cm³/mol. The van der Waals surface area contributed by atoms with Crippen LogP contribution in [0.2, 0.25) is 0 Å². The van der Waals surface area contributed by atoms with Crippen LogP contribution in [0, 0.1) is 10.1 Å². The van der Waals surface area contributed by atoms with Gasteiger partial charge in [0.25, 0.3) is 5.69 Å². The Kier molecular flexibility index (Phi) is 3.33. The number of nitro benzene ring substituents is 1. The lowest BCUT2D eigenvalue weighted by atomic mass is 10.0. The van der Waals surface area contributed by atoms with Crippen LogP contribution in [0.4, 0.5) is 5.69 Å². The minimum Gasteiger partial charge on any atom is -0.496 e. The van der Waals surface area contributed by atoms with Crippen LogP contribution in [0.15, 0.2) is 30.3 Å². The fourth-order valence-electron chi connectivity index (χ4n) is 1.83. The van der Waals surface area contributed by atoms with Crippen molar-refractivity contribution in [1.82, 2.24) is 0 Å². The third-order valence-corrected chi connectivity index (χ3v) is 2.75. The lowest BCUT2D eigenvalue weighted by molar-refractivity contribution is -0.384. The molecule has 2 rings (SSSR count). The molecule has 0 aromatic heterocycles. The normalized spacial score (nSPS) is 10.2. The molecule has 0 bridgehead atoms. The fourth-order valence-corrected chi connectivity index (χ4v) is 1.83. The van der Waals surface area contributed by atoms with Gasteiger partial charge in [0.1, 0.15) is 5.75 Å². The van der Waals surface area contributed by atoms with Crippen molar-refractivity contribution < 1.29 is 19.2 Å². The minimum absolute atomic E-state index is 0.0309. The average Bonchev–Trinajstić information content (AvgIpc) is 2.44. The molecule has 0 aliphatic rings. The van der Waals surface area contributed by atoms with Gasteiger partial charge in [-0.15, -0.1) is 0 Å². The van der Waals surface area contributed by atoms with Gasteiger partial charge in [-0.25, -0.2) is 4.79 Å². The first kappa shape index (κ1) is 12.8. The van der Waals surface area contributed by atoms with Crippen LogP contribution < -0.4 is 4.74 Å². The van der Waals surface area contributed by atoms with Crippen molar-refractivity contribution in [3.63, 3.8) is 0 Å². The molecule has 2 aromatic carbocycles. The number of carbonyl (C=O) groups is 1. The molecule has 0 spiro atoms. The molecule has 0 saturated carbocycles. The largest absolute Gasteiger partial charge is 0.496 e. The molecule has 6 nitrogen and oxygen atoms in total. The zero-order valence-electron chi connectivity index (χ0n) is 10.4. The summed E-state index contributed by atoms with van der Waals surface area (Å²) in [4.78, 5) is 21.8. The Balaban J connectivity index is 2.69. The SMILES string of the molecule is COC(=O)c1cc(OC)c2cc([N+](=O)[O-])ccc2c1. The number of esters is 1. The molecule has 0 saturated heterocycles. The Morgan fingerprint density at radius 1 is 1.21 bits per heavy atom. The first-order valence-corrected chi connectivity index (χ1v) is 5.41. The predicted octanol–water partition coefficient (Wildman–Crippen LogP) is 2.54. The lowest BCUT2D eigenvalue weighted by Gasteiger charge is -2.08. The van der Waals surface area contributed by atoms with Crippen LogP contribution in [-0.4, -0.2) is 25.1 Å². The van der Waals surface area contributed by atoms with Crippen LogP contribution in [0.25, 0.3) is 10.8 Å². The summed E-state index contributed by atoms with van der Waals surface area (Å²) in [6, 6.07) is 7.46. The third kappa shape index (κ3) is 2.33. The van der Waals surface area contributed by atoms with Crippen LogP contribution >= 0.6 is 0 Å². The molecule has 0 aliphatic carbocycles. The molecule has 0 amide bonds. The summed E-state index contributed by atoms with van der Waals surface area (Å²) < 4.78 is 9.81. The molecule has 6 heteroatoms. The highest BCUT2D eigenvalue weighted by atomic mass is 16.6. The number of hydrogen-bond acceptors (Lipinski definition) is 5. The number of fused-ring (bicyclic) bond motifs is 1. The molecular formula is C13H11NO5. The smallest absolute Gasteiger partial charge is 0.338 e. The Morgan fingerprint density at radius 2 is 1.95 bits per heavy atom. The van der Waals surface area contributed by atoms with Crippen LogP contribution in [0.5, 0.6) is 5.75 Å². The fraction of sp³-hybridized carbons (Fsp3) is 0.154. The molecule has 0 atom stereocenters. The highest BCUT2D eigenvalue weighted by Gasteiger charge is 2.14.